The van der Waals surface area contributed by atoms with E-state index in [-0.39, 0.29) is 5.41 Å². The number of aromatic nitrogens is 2. The Labute approximate surface area is 205 Å². The fourth-order valence-corrected chi connectivity index (χ4v) is 6.09. The highest BCUT2D eigenvalue weighted by Gasteiger charge is 2.60. The summed E-state index contributed by atoms with van der Waals surface area (Å²) in [6.45, 7) is 21.9. The molecule has 1 spiro atoms. The van der Waals surface area contributed by atoms with Crippen LogP contribution in [0.1, 0.15) is 72.5 Å². The third-order valence-electron chi connectivity index (χ3n) is 7.60. The van der Waals surface area contributed by atoms with Crippen LogP contribution in [0.25, 0.3) is 11.0 Å². The average molecular weight is 472 g/mol. The topological polar surface area (TPSA) is 50.3 Å². The summed E-state index contributed by atoms with van der Waals surface area (Å²) in [7, 11) is 0. The lowest BCUT2D eigenvalue weighted by atomic mass is 9.64. The zero-order valence-electron chi connectivity index (χ0n) is 21.2. The first-order valence-electron chi connectivity index (χ1n) is 12.8. The SMILES string of the molecule is C=C(CC)N1CC2(C1)C(=C)N(Cc1nc3ccc(Cl)cc3n1N)C1CCCCC12.CC.CC. The van der Waals surface area contributed by atoms with Gasteiger partial charge in [-0.25, -0.2) is 9.66 Å². The number of hydrogen-bond donors (Lipinski definition) is 1. The van der Waals surface area contributed by atoms with Crippen molar-refractivity contribution in [2.45, 2.75) is 79.3 Å². The minimum absolute atomic E-state index is 0.192. The van der Waals surface area contributed by atoms with Gasteiger partial charge in [0.15, 0.2) is 0 Å². The first-order valence-corrected chi connectivity index (χ1v) is 13.1. The fraction of sp³-hybridized carbons (Fsp3) is 0.593. The van der Waals surface area contributed by atoms with Gasteiger partial charge in [0.1, 0.15) is 5.82 Å². The van der Waals surface area contributed by atoms with E-state index in [0.717, 1.165) is 36.4 Å². The van der Waals surface area contributed by atoms with E-state index in [1.807, 2.05) is 45.9 Å². The summed E-state index contributed by atoms with van der Waals surface area (Å²) in [4.78, 5) is 9.77. The number of nitrogen functional groups attached to an aromatic ring is 1. The van der Waals surface area contributed by atoms with Crippen LogP contribution in [0.2, 0.25) is 5.02 Å². The van der Waals surface area contributed by atoms with Crippen LogP contribution < -0.4 is 5.84 Å². The van der Waals surface area contributed by atoms with E-state index in [1.54, 1.807) is 4.68 Å². The lowest BCUT2D eigenvalue weighted by Crippen LogP contribution is -2.59. The van der Waals surface area contributed by atoms with Crippen molar-refractivity contribution >= 4 is 22.6 Å². The second-order valence-corrected chi connectivity index (χ2v) is 9.43. The zero-order chi connectivity index (χ0) is 24.3. The molecule has 1 aromatic carbocycles. The number of likely N-dealkylation sites (tertiary alicyclic amines) is 2. The summed E-state index contributed by atoms with van der Waals surface area (Å²) in [5.74, 6) is 7.96. The molecule has 2 aromatic rings. The number of hydrogen-bond acceptors (Lipinski definition) is 4. The molecule has 5 nitrogen and oxygen atoms in total. The summed E-state index contributed by atoms with van der Waals surface area (Å²) >= 11 is 6.17. The molecule has 2 aliphatic heterocycles. The monoisotopic (exact) mass is 471 g/mol. The molecule has 2 atom stereocenters. The van der Waals surface area contributed by atoms with Gasteiger partial charge >= 0.3 is 0 Å². The second kappa shape index (κ2) is 10.4. The molecule has 0 bridgehead atoms. The van der Waals surface area contributed by atoms with Gasteiger partial charge in [0, 0.05) is 41.0 Å². The summed E-state index contributed by atoms with van der Waals surface area (Å²) in [6, 6.07) is 6.23. The van der Waals surface area contributed by atoms with Crippen molar-refractivity contribution in [3.8, 4) is 0 Å². The Bertz CT molecular complexity index is 988. The number of fused-ring (bicyclic) bond motifs is 3. The number of nitrogens with zero attached hydrogens (tertiary/aromatic N) is 4. The van der Waals surface area contributed by atoms with Gasteiger partial charge in [-0.2, -0.15) is 0 Å². The summed E-state index contributed by atoms with van der Waals surface area (Å²) in [6.07, 6.45) is 6.16. The molecule has 6 heteroatoms. The van der Waals surface area contributed by atoms with E-state index in [2.05, 4.69) is 29.9 Å². The molecule has 33 heavy (non-hydrogen) atoms. The Balaban J connectivity index is 0.000000728. The maximum absolute atomic E-state index is 6.41. The number of rotatable bonds is 4. The molecule has 3 fully saturated rings. The molecule has 5 rings (SSSR count). The lowest BCUT2D eigenvalue weighted by Gasteiger charge is -2.54. The van der Waals surface area contributed by atoms with Crippen LogP contribution in [0.5, 0.6) is 0 Å². The summed E-state index contributed by atoms with van der Waals surface area (Å²) in [5, 5.41) is 0.679. The minimum atomic E-state index is 0.192. The summed E-state index contributed by atoms with van der Waals surface area (Å²) < 4.78 is 1.70. The van der Waals surface area contributed by atoms with E-state index >= 15 is 0 Å². The van der Waals surface area contributed by atoms with Crippen molar-refractivity contribution in [1.82, 2.24) is 19.5 Å². The summed E-state index contributed by atoms with van der Waals surface area (Å²) in [5.41, 5.74) is 4.48. The van der Waals surface area contributed by atoms with Gasteiger partial charge < -0.3 is 15.6 Å². The van der Waals surface area contributed by atoms with E-state index in [9.17, 15) is 0 Å². The first kappa shape index (κ1) is 25.5. The second-order valence-electron chi connectivity index (χ2n) is 9.00. The Hall–Kier alpha value is -2.14. The highest BCUT2D eigenvalue weighted by Crippen LogP contribution is 2.58. The molecule has 1 aromatic heterocycles. The van der Waals surface area contributed by atoms with Gasteiger partial charge in [0.05, 0.1) is 17.6 Å². The number of imidazole rings is 1. The normalized spacial score (nSPS) is 22.8. The molecule has 3 heterocycles. The Morgan fingerprint density at radius 2 is 1.85 bits per heavy atom. The standard InChI is InChI=1S/C23H30ClN5.2C2H6/c1-4-15(2)27-13-23(14-27)16(3)28(20-8-6-5-7-18(20)23)12-22-26-19-10-9-17(24)11-21(19)29(22)25;2*1-2/h9-11,18,20H,2-8,12-14,25H2,1H3;2*1-2H3. The highest BCUT2D eigenvalue weighted by molar-refractivity contribution is 6.31. The Morgan fingerprint density at radius 1 is 1.18 bits per heavy atom. The molecule has 1 saturated carbocycles. The molecule has 2 unspecified atom stereocenters. The van der Waals surface area contributed by atoms with E-state index in [1.165, 1.54) is 37.1 Å². The van der Waals surface area contributed by atoms with Gasteiger partial charge in [-0.05, 0) is 43.4 Å². The van der Waals surface area contributed by atoms with Crippen LogP contribution >= 0.6 is 11.6 Å². The lowest BCUT2D eigenvalue weighted by molar-refractivity contribution is 0.00840. The molecule has 2 N–H and O–H groups in total. The van der Waals surface area contributed by atoms with Crippen molar-refractivity contribution in [1.29, 1.82) is 0 Å². The number of benzene rings is 1. The van der Waals surface area contributed by atoms with Crippen LogP contribution in [-0.4, -0.2) is 38.6 Å². The van der Waals surface area contributed by atoms with Crippen molar-refractivity contribution in [3.63, 3.8) is 0 Å². The molecule has 0 amide bonds. The number of halogens is 1. The average Bonchev–Trinajstić information content (AvgIpc) is 3.27. The van der Waals surface area contributed by atoms with Crippen LogP contribution in [0.4, 0.5) is 0 Å². The quantitative estimate of drug-likeness (QED) is 0.512. The fourth-order valence-electron chi connectivity index (χ4n) is 5.92. The first-order chi connectivity index (χ1) is 15.9. The molecular weight excluding hydrogens is 430 g/mol. The smallest absolute Gasteiger partial charge is 0.147 e. The molecule has 0 radical (unpaired) electrons. The van der Waals surface area contributed by atoms with E-state index in [0.29, 0.717) is 23.5 Å². The number of allylic oxidation sites excluding steroid dienone is 1. The van der Waals surface area contributed by atoms with Crippen LogP contribution in [-0.2, 0) is 6.54 Å². The van der Waals surface area contributed by atoms with E-state index in [4.69, 9.17) is 22.4 Å². The van der Waals surface area contributed by atoms with Gasteiger partial charge in [0.2, 0.25) is 0 Å². The maximum Gasteiger partial charge on any atom is 0.147 e. The van der Waals surface area contributed by atoms with E-state index < -0.39 is 0 Å². The van der Waals surface area contributed by atoms with Gasteiger partial charge in [-0.3, -0.25) is 0 Å². The zero-order valence-corrected chi connectivity index (χ0v) is 22.0. The van der Waals surface area contributed by atoms with Gasteiger partial charge in [-0.1, -0.05) is 72.2 Å². The van der Waals surface area contributed by atoms with Crippen LogP contribution in [0.15, 0.2) is 42.8 Å². The number of nitrogens with two attached hydrogens (primary N) is 1. The third kappa shape index (κ3) is 4.25. The Kier molecular flexibility index (Phi) is 8.04. The van der Waals surface area contributed by atoms with Crippen LogP contribution in [0, 0.1) is 11.3 Å². The van der Waals surface area contributed by atoms with Crippen molar-refractivity contribution in [2.75, 3.05) is 18.9 Å². The predicted octanol–water partition coefficient (Wildman–Crippen LogP) is 6.57. The minimum Gasteiger partial charge on any atom is -0.373 e. The van der Waals surface area contributed by atoms with Crippen molar-refractivity contribution < 1.29 is 0 Å². The molecule has 1 aliphatic carbocycles. The largest absolute Gasteiger partial charge is 0.373 e. The molecule has 182 valence electrons. The van der Waals surface area contributed by atoms with Crippen LogP contribution in [0.3, 0.4) is 0 Å². The van der Waals surface area contributed by atoms with Gasteiger partial charge in [0.25, 0.3) is 0 Å². The van der Waals surface area contributed by atoms with Crippen molar-refractivity contribution in [2.24, 2.45) is 11.3 Å². The molecule has 3 aliphatic rings. The van der Waals surface area contributed by atoms with Gasteiger partial charge in [-0.15, -0.1) is 0 Å². The third-order valence-corrected chi connectivity index (χ3v) is 7.83. The molecular formula is C27H42ClN5. The maximum atomic E-state index is 6.41. The Morgan fingerprint density at radius 3 is 2.52 bits per heavy atom. The molecule has 2 saturated heterocycles. The predicted molar refractivity (Wildman–Crippen MR) is 141 cm³/mol. The van der Waals surface area contributed by atoms with Crippen molar-refractivity contribution in [3.05, 3.63) is 53.6 Å². The highest BCUT2D eigenvalue weighted by atomic mass is 35.5.